The lowest BCUT2D eigenvalue weighted by molar-refractivity contribution is -0.122. The van der Waals surface area contributed by atoms with Crippen molar-refractivity contribution in [2.24, 2.45) is 5.73 Å². The Morgan fingerprint density at radius 1 is 1.43 bits per heavy atom. The van der Waals surface area contributed by atoms with Gasteiger partial charge in [0.25, 0.3) is 0 Å². The third-order valence-electron chi connectivity index (χ3n) is 1.72. The van der Waals surface area contributed by atoms with Crippen LogP contribution in [0.1, 0.15) is 11.6 Å². The Hall–Kier alpha value is -1.91. The second-order valence-corrected chi connectivity index (χ2v) is 2.67. The maximum Gasteiger partial charge on any atom is 0.244 e. The fourth-order valence-electron chi connectivity index (χ4n) is 1.07. The topological polar surface area (TPSA) is 72.2 Å². The van der Waals surface area contributed by atoms with Gasteiger partial charge in [0.2, 0.25) is 12.3 Å². The van der Waals surface area contributed by atoms with Crippen LogP contribution in [0, 0.1) is 5.82 Å². The summed E-state index contributed by atoms with van der Waals surface area (Å²) < 4.78 is 12.5. The molecular formula is C9H9FN2O2. The molecule has 3 N–H and O–H groups in total. The van der Waals surface area contributed by atoms with Gasteiger partial charge in [-0.05, 0) is 17.7 Å². The Kier molecular flexibility index (Phi) is 3.17. The van der Waals surface area contributed by atoms with E-state index in [1.165, 1.54) is 24.3 Å². The highest BCUT2D eigenvalue weighted by atomic mass is 19.1. The van der Waals surface area contributed by atoms with Crippen LogP contribution in [-0.2, 0) is 9.59 Å². The zero-order valence-corrected chi connectivity index (χ0v) is 7.24. The van der Waals surface area contributed by atoms with Crippen molar-refractivity contribution >= 4 is 12.3 Å². The largest absolute Gasteiger partial charge is 0.368 e. The van der Waals surface area contributed by atoms with Gasteiger partial charge in [0.15, 0.2) is 0 Å². The minimum Gasteiger partial charge on any atom is -0.368 e. The van der Waals surface area contributed by atoms with Crippen molar-refractivity contribution in [2.45, 2.75) is 6.04 Å². The van der Waals surface area contributed by atoms with E-state index in [1.54, 1.807) is 0 Å². The highest BCUT2D eigenvalue weighted by Crippen LogP contribution is 2.12. The molecule has 1 rings (SSSR count). The van der Waals surface area contributed by atoms with Crippen LogP contribution in [0.3, 0.4) is 0 Å². The predicted octanol–water partition coefficient (Wildman–Crippen LogP) is 0.0981. The third kappa shape index (κ3) is 2.29. The van der Waals surface area contributed by atoms with Crippen molar-refractivity contribution in [1.29, 1.82) is 0 Å². The van der Waals surface area contributed by atoms with Crippen LogP contribution in [0.15, 0.2) is 24.3 Å². The lowest BCUT2D eigenvalue weighted by Gasteiger charge is -2.11. The molecular weight excluding hydrogens is 187 g/mol. The molecule has 0 heterocycles. The molecule has 0 radical (unpaired) electrons. The van der Waals surface area contributed by atoms with Gasteiger partial charge in [0.1, 0.15) is 11.9 Å². The molecule has 0 aliphatic carbocycles. The molecule has 2 amide bonds. The number of nitrogens with two attached hydrogens (primary N) is 1. The molecule has 74 valence electrons. The Balaban J connectivity index is 2.93. The Labute approximate surface area is 79.9 Å². The average molecular weight is 196 g/mol. The van der Waals surface area contributed by atoms with Crippen LogP contribution >= 0.6 is 0 Å². The number of halogens is 1. The first kappa shape index (κ1) is 10.2. The van der Waals surface area contributed by atoms with Crippen LogP contribution in [0.4, 0.5) is 4.39 Å². The van der Waals surface area contributed by atoms with E-state index in [9.17, 15) is 14.0 Å². The lowest BCUT2D eigenvalue weighted by atomic mass is 10.1. The molecule has 0 saturated heterocycles. The molecule has 1 aromatic rings. The highest BCUT2D eigenvalue weighted by Gasteiger charge is 2.15. The number of rotatable bonds is 4. The van der Waals surface area contributed by atoms with Crippen LogP contribution in [0.5, 0.6) is 0 Å². The van der Waals surface area contributed by atoms with Crippen molar-refractivity contribution in [3.05, 3.63) is 35.6 Å². The SMILES string of the molecule is NC(=O)C(NC=O)c1ccc(F)cc1. The summed E-state index contributed by atoms with van der Waals surface area (Å²) in [7, 11) is 0. The number of benzene rings is 1. The molecule has 0 spiro atoms. The fourth-order valence-corrected chi connectivity index (χ4v) is 1.07. The maximum atomic E-state index is 12.5. The van der Waals surface area contributed by atoms with E-state index < -0.39 is 17.8 Å². The quantitative estimate of drug-likeness (QED) is 0.670. The Morgan fingerprint density at radius 2 is 2.00 bits per heavy atom. The van der Waals surface area contributed by atoms with Crippen LogP contribution in [-0.4, -0.2) is 12.3 Å². The van der Waals surface area contributed by atoms with Crippen molar-refractivity contribution in [3.63, 3.8) is 0 Å². The summed E-state index contributed by atoms with van der Waals surface area (Å²) in [4.78, 5) is 21.0. The summed E-state index contributed by atoms with van der Waals surface area (Å²) in [5.41, 5.74) is 5.49. The molecule has 5 heteroatoms. The molecule has 4 nitrogen and oxygen atoms in total. The Bertz CT molecular complexity index is 337. The number of amides is 2. The zero-order chi connectivity index (χ0) is 10.6. The summed E-state index contributed by atoms with van der Waals surface area (Å²) in [6.45, 7) is 0. The molecule has 0 aromatic heterocycles. The average Bonchev–Trinajstić information content (AvgIpc) is 2.15. The first-order valence-electron chi connectivity index (χ1n) is 3.89. The number of hydrogen-bond donors (Lipinski definition) is 2. The number of carbonyl (C=O) groups excluding carboxylic acids is 2. The molecule has 0 aliphatic rings. The first-order valence-corrected chi connectivity index (χ1v) is 3.89. The molecule has 1 atom stereocenters. The number of carbonyl (C=O) groups is 2. The van der Waals surface area contributed by atoms with Gasteiger partial charge in [0, 0.05) is 0 Å². The second-order valence-electron chi connectivity index (χ2n) is 2.67. The summed E-state index contributed by atoms with van der Waals surface area (Å²) in [5, 5.41) is 2.24. The highest BCUT2D eigenvalue weighted by molar-refractivity contribution is 5.83. The van der Waals surface area contributed by atoms with Gasteiger partial charge in [-0.2, -0.15) is 0 Å². The van der Waals surface area contributed by atoms with E-state index in [4.69, 9.17) is 5.73 Å². The Morgan fingerprint density at radius 3 is 2.43 bits per heavy atom. The molecule has 1 unspecified atom stereocenters. The summed E-state index contributed by atoms with van der Waals surface area (Å²) >= 11 is 0. The van der Waals surface area contributed by atoms with E-state index >= 15 is 0 Å². The van der Waals surface area contributed by atoms with Crippen molar-refractivity contribution in [1.82, 2.24) is 5.32 Å². The number of hydrogen-bond acceptors (Lipinski definition) is 2. The molecule has 0 aliphatic heterocycles. The van der Waals surface area contributed by atoms with Crippen molar-refractivity contribution < 1.29 is 14.0 Å². The van der Waals surface area contributed by atoms with E-state index in [0.717, 1.165) is 0 Å². The minimum atomic E-state index is -0.909. The second kappa shape index (κ2) is 4.36. The van der Waals surface area contributed by atoms with Gasteiger partial charge in [-0.3, -0.25) is 9.59 Å². The fraction of sp³-hybridized carbons (Fsp3) is 0.111. The van der Waals surface area contributed by atoms with Crippen molar-refractivity contribution in [3.8, 4) is 0 Å². The normalized spacial score (nSPS) is 11.8. The third-order valence-corrected chi connectivity index (χ3v) is 1.72. The first-order chi connectivity index (χ1) is 6.65. The minimum absolute atomic E-state index is 0.374. The van der Waals surface area contributed by atoms with E-state index in [1.807, 2.05) is 0 Å². The van der Waals surface area contributed by atoms with Gasteiger partial charge < -0.3 is 11.1 Å². The van der Waals surface area contributed by atoms with E-state index in [2.05, 4.69) is 5.32 Å². The summed E-state index contributed by atoms with van der Waals surface area (Å²) in [5.74, 6) is -1.10. The molecule has 0 saturated carbocycles. The lowest BCUT2D eigenvalue weighted by Crippen LogP contribution is -2.32. The monoisotopic (exact) mass is 196 g/mol. The van der Waals surface area contributed by atoms with E-state index in [0.29, 0.717) is 12.0 Å². The molecule has 0 bridgehead atoms. The van der Waals surface area contributed by atoms with Crippen molar-refractivity contribution in [2.75, 3.05) is 0 Å². The van der Waals surface area contributed by atoms with Crippen LogP contribution in [0.2, 0.25) is 0 Å². The molecule has 1 aromatic carbocycles. The van der Waals surface area contributed by atoms with Gasteiger partial charge in [-0.25, -0.2) is 4.39 Å². The number of nitrogens with one attached hydrogen (secondary N) is 1. The van der Waals surface area contributed by atoms with Crippen LogP contribution in [0.25, 0.3) is 0 Å². The van der Waals surface area contributed by atoms with Crippen LogP contribution < -0.4 is 11.1 Å². The number of primary amides is 1. The molecule has 0 fully saturated rings. The smallest absolute Gasteiger partial charge is 0.244 e. The van der Waals surface area contributed by atoms with Gasteiger partial charge in [-0.15, -0.1) is 0 Å². The van der Waals surface area contributed by atoms with Gasteiger partial charge >= 0.3 is 0 Å². The van der Waals surface area contributed by atoms with Gasteiger partial charge in [-0.1, -0.05) is 12.1 Å². The summed E-state index contributed by atoms with van der Waals surface area (Å²) in [6.07, 6.45) is 0.374. The predicted molar refractivity (Wildman–Crippen MR) is 47.5 cm³/mol. The zero-order valence-electron chi connectivity index (χ0n) is 7.24. The maximum absolute atomic E-state index is 12.5. The summed E-state index contributed by atoms with van der Waals surface area (Å²) in [6, 6.07) is 4.26. The standard InChI is InChI=1S/C9H9FN2O2/c10-7-3-1-6(2-4-7)8(9(11)14)12-5-13/h1-5,8H,(H2,11,14)(H,12,13). The molecule has 14 heavy (non-hydrogen) atoms. The van der Waals surface area contributed by atoms with Gasteiger partial charge in [0.05, 0.1) is 0 Å². The van der Waals surface area contributed by atoms with E-state index in [-0.39, 0.29) is 0 Å².